The van der Waals surface area contributed by atoms with Crippen LogP contribution in [0.4, 0.5) is 0 Å². The highest BCUT2D eigenvalue weighted by atomic mass is 16.5. The van der Waals surface area contributed by atoms with Crippen LogP contribution < -0.4 is 0 Å². The summed E-state index contributed by atoms with van der Waals surface area (Å²) in [7, 11) is 2.09. The van der Waals surface area contributed by atoms with Crippen molar-refractivity contribution in [3.05, 3.63) is 11.7 Å². The van der Waals surface area contributed by atoms with Gasteiger partial charge in [0.2, 0.25) is 5.89 Å². The molecule has 1 atom stereocenters. The summed E-state index contributed by atoms with van der Waals surface area (Å²) in [6.07, 6.45) is 2.38. The highest BCUT2D eigenvalue weighted by molar-refractivity contribution is 5.05. The molecule has 1 aromatic heterocycles. The number of nitrogens with zero attached hydrogens (tertiary/aromatic N) is 4. The maximum atomic E-state index is 9.02. The molecule has 1 N–H and O–H groups in total. The zero-order valence-corrected chi connectivity index (χ0v) is 10.7. The van der Waals surface area contributed by atoms with Gasteiger partial charge in [0.25, 0.3) is 0 Å². The molecule has 1 aliphatic carbocycles. The second-order valence-electron chi connectivity index (χ2n) is 5.29. The molecule has 6 nitrogen and oxygen atoms in total. The average molecular weight is 252 g/mol. The topological polar surface area (TPSA) is 65.6 Å². The average Bonchev–Trinajstić information content (AvgIpc) is 3.11. The van der Waals surface area contributed by atoms with Crippen LogP contribution in [0.3, 0.4) is 0 Å². The molecule has 1 aliphatic heterocycles. The molecular formula is C12H20N4O2. The predicted molar refractivity (Wildman–Crippen MR) is 65.2 cm³/mol. The second kappa shape index (κ2) is 4.95. The van der Waals surface area contributed by atoms with Crippen molar-refractivity contribution in [1.29, 1.82) is 0 Å². The summed E-state index contributed by atoms with van der Waals surface area (Å²) in [5.74, 6) is 2.13. The summed E-state index contributed by atoms with van der Waals surface area (Å²) in [4.78, 5) is 9.02. The number of piperazine rings is 1. The minimum Gasteiger partial charge on any atom is -0.395 e. The van der Waals surface area contributed by atoms with Crippen molar-refractivity contribution in [2.75, 3.05) is 39.8 Å². The molecule has 2 fully saturated rings. The predicted octanol–water partition coefficient (Wildman–Crippen LogP) is 0.228. The fourth-order valence-corrected chi connectivity index (χ4v) is 2.43. The lowest BCUT2D eigenvalue weighted by atomic mass is 10.2. The van der Waals surface area contributed by atoms with Gasteiger partial charge in [-0.15, -0.1) is 0 Å². The molecule has 3 rings (SSSR count). The molecule has 2 heterocycles. The number of likely N-dealkylation sites (N-methyl/N-ethyl adjacent to an activating group) is 1. The lowest BCUT2D eigenvalue weighted by Gasteiger charge is -2.37. The summed E-state index contributed by atoms with van der Waals surface area (Å²) in [6, 6.07) is 0.158. The zero-order chi connectivity index (χ0) is 12.5. The quantitative estimate of drug-likeness (QED) is 0.827. The number of aliphatic hydroxyl groups excluding tert-OH is 1. The fourth-order valence-electron chi connectivity index (χ4n) is 2.43. The Morgan fingerprint density at radius 1 is 1.39 bits per heavy atom. The molecule has 2 aliphatic rings. The van der Waals surface area contributed by atoms with Crippen LogP contribution in [-0.4, -0.2) is 64.9 Å². The Morgan fingerprint density at radius 2 is 2.22 bits per heavy atom. The normalized spacial score (nSPS) is 26.7. The summed E-state index contributed by atoms with van der Waals surface area (Å²) in [6.45, 7) is 3.72. The lowest BCUT2D eigenvalue weighted by molar-refractivity contribution is 0.0647. The van der Waals surface area contributed by atoms with Crippen LogP contribution in [0.15, 0.2) is 4.52 Å². The van der Waals surface area contributed by atoms with E-state index in [0.29, 0.717) is 12.5 Å². The van der Waals surface area contributed by atoms with Crippen molar-refractivity contribution in [1.82, 2.24) is 19.9 Å². The Hall–Kier alpha value is -0.980. The maximum Gasteiger partial charge on any atom is 0.245 e. The van der Waals surface area contributed by atoms with E-state index in [9.17, 15) is 0 Å². The molecular weight excluding hydrogens is 232 g/mol. The first-order valence-corrected chi connectivity index (χ1v) is 6.65. The van der Waals surface area contributed by atoms with Crippen LogP contribution in [0, 0.1) is 0 Å². The highest BCUT2D eigenvalue weighted by Crippen LogP contribution is 2.38. The molecule has 1 unspecified atom stereocenters. The third-order valence-electron chi connectivity index (χ3n) is 3.83. The first-order valence-electron chi connectivity index (χ1n) is 6.65. The first-order chi connectivity index (χ1) is 8.78. The summed E-state index contributed by atoms with van der Waals surface area (Å²) in [5, 5.41) is 13.1. The second-order valence-corrected chi connectivity index (χ2v) is 5.29. The summed E-state index contributed by atoms with van der Waals surface area (Å²) >= 11 is 0. The third kappa shape index (κ3) is 2.41. The Labute approximate surface area is 107 Å². The van der Waals surface area contributed by atoms with Gasteiger partial charge in [-0.1, -0.05) is 5.16 Å². The van der Waals surface area contributed by atoms with Gasteiger partial charge in [0.05, 0.1) is 6.61 Å². The third-order valence-corrected chi connectivity index (χ3v) is 3.83. The molecule has 1 aromatic rings. The SMILES string of the molecule is CN1CCN(CCO)CC1c1nc(C2CC2)no1. The van der Waals surface area contributed by atoms with Crippen LogP contribution in [-0.2, 0) is 0 Å². The van der Waals surface area contributed by atoms with E-state index in [-0.39, 0.29) is 12.6 Å². The number of aliphatic hydroxyl groups is 1. The van der Waals surface area contributed by atoms with Crippen molar-refractivity contribution in [2.45, 2.75) is 24.8 Å². The van der Waals surface area contributed by atoms with E-state index in [1.165, 1.54) is 12.8 Å². The smallest absolute Gasteiger partial charge is 0.245 e. The molecule has 0 amide bonds. The molecule has 0 spiro atoms. The molecule has 18 heavy (non-hydrogen) atoms. The van der Waals surface area contributed by atoms with E-state index in [0.717, 1.165) is 31.3 Å². The molecule has 100 valence electrons. The zero-order valence-electron chi connectivity index (χ0n) is 10.7. The number of hydrogen-bond donors (Lipinski definition) is 1. The molecule has 6 heteroatoms. The number of hydrogen-bond acceptors (Lipinski definition) is 6. The van der Waals surface area contributed by atoms with Crippen LogP contribution in [0.5, 0.6) is 0 Å². The van der Waals surface area contributed by atoms with Crippen LogP contribution in [0.25, 0.3) is 0 Å². The molecule has 0 aromatic carbocycles. The van der Waals surface area contributed by atoms with Crippen molar-refractivity contribution in [2.24, 2.45) is 0 Å². The maximum absolute atomic E-state index is 9.02. The number of aromatic nitrogens is 2. The van der Waals surface area contributed by atoms with E-state index >= 15 is 0 Å². The van der Waals surface area contributed by atoms with E-state index < -0.39 is 0 Å². The first kappa shape index (κ1) is 12.1. The van der Waals surface area contributed by atoms with Gasteiger partial charge in [-0.05, 0) is 19.9 Å². The highest BCUT2D eigenvalue weighted by Gasteiger charge is 2.33. The van der Waals surface area contributed by atoms with E-state index in [2.05, 4.69) is 27.0 Å². The van der Waals surface area contributed by atoms with E-state index in [4.69, 9.17) is 9.63 Å². The van der Waals surface area contributed by atoms with E-state index in [1.54, 1.807) is 0 Å². The van der Waals surface area contributed by atoms with Crippen LogP contribution in [0.2, 0.25) is 0 Å². The monoisotopic (exact) mass is 252 g/mol. The van der Waals surface area contributed by atoms with Crippen molar-refractivity contribution < 1.29 is 9.63 Å². The van der Waals surface area contributed by atoms with Crippen LogP contribution in [0.1, 0.15) is 36.5 Å². The van der Waals surface area contributed by atoms with Crippen LogP contribution >= 0.6 is 0 Å². The largest absolute Gasteiger partial charge is 0.395 e. The Morgan fingerprint density at radius 3 is 2.94 bits per heavy atom. The van der Waals surface area contributed by atoms with E-state index in [1.807, 2.05) is 0 Å². The molecule has 0 radical (unpaired) electrons. The fraction of sp³-hybridized carbons (Fsp3) is 0.833. The standard InChI is InChI=1S/C12H20N4O2/c1-15-4-5-16(6-7-17)8-10(15)12-13-11(14-18-12)9-2-3-9/h9-10,17H,2-8H2,1H3. The van der Waals surface area contributed by atoms with Gasteiger partial charge in [0.15, 0.2) is 5.82 Å². The van der Waals surface area contributed by atoms with Crippen molar-refractivity contribution in [3.8, 4) is 0 Å². The minimum absolute atomic E-state index is 0.158. The Bertz CT molecular complexity index is 405. The summed E-state index contributed by atoms with van der Waals surface area (Å²) in [5.41, 5.74) is 0. The van der Waals surface area contributed by atoms with Crippen molar-refractivity contribution in [3.63, 3.8) is 0 Å². The van der Waals surface area contributed by atoms with Gasteiger partial charge < -0.3 is 9.63 Å². The number of β-amino-alcohol motifs (C(OH)–C–C–N with tert-alkyl or cyclic N) is 1. The van der Waals surface area contributed by atoms with Gasteiger partial charge in [-0.3, -0.25) is 9.80 Å². The van der Waals surface area contributed by atoms with Crippen molar-refractivity contribution >= 4 is 0 Å². The minimum atomic E-state index is 0.158. The van der Waals surface area contributed by atoms with Gasteiger partial charge in [-0.25, -0.2) is 0 Å². The Kier molecular flexibility index (Phi) is 3.32. The number of rotatable bonds is 4. The van der Waals surface area contributed by atoms with Gasteiger partial charge in [0.1, 0.15) is 6.04 Å². The Balaban J connectivity index is 1.71. The van der Waals surface area contributed by atoms with Gasteiger partial charge >= 0.3 is 0 Å². The van der Waals surface area contributed by atoms with Gasteiger partial charge in [-0.2, -0.15) is 4.98 Å². The van der Waals surface area contributed by atoms with Gasteiger partial charge in [0, 0.05) is 32.1 Å². The molecule has 1 saturated heterocycles. The molecule has 0 bridgehead atoms. The summed E-state index contributed by atoms with van der Waals surface area (Å²) < 4.78 is 5.41. The molecule has 1 saturated carbocycles. The lowest BCUT2D eigenvalue weighted by Crippen LogP contribution is -2.47.